The molecule has 32 heavy (non-hydrogen) atoms. The second kappa shape index (κ2) is 9.52. The molecule has 1 aliphatic heterocycles. The zero-order chi connectivity index (χ0) is 22.7. The van der Waals surface area contributed by atoms with Crippen molar-refractivity contribution >= 4 is 28.6 Å². The van der Waals surface area contributed by atoms with Gasteiger partial charge in [-0.1, -0.05) is 12.1 Å². The molecule has 1 amide bonds. The average Bonchev–Trinajstić information content (AvgIpc) is 3.32. The van der Waals surface area contributed by atoms with Gasteiger partial charge in [-0.2, -0.15) is 0 Å². The highest BCUT2D eigenvalue weighted by Crippen LogP contribution is 2.46. The molecule has 2 aromatic carbocycles. The van der Waals surface area contributed by atoms with E-state index in [2.05, 4.69) is 4.98 Å². The largest absolute Gasteiger partial charge is 0.496 e. The molecule has 1 unspecified atom stereocenters. The third-order valence-electron chi connectivity index (χ3n) is 5.51. The van der Waals surface area contributed by atoms with Crippen LogP contribution in [0.3, 0.4) is 0 Å². The summed E-state index contributed by atoms with van der Waals surface area (Å²) in [6, 6.07) is 10.8. The summed E-state index contributed by atoms with van der Waals surface area (Å²) >= 11 is 1.67. The van der Waals surface area contributed by atoms with Crippen LogP contribution in [0.5, 0.6) is 17.2 Å². The first-order valence-electron chi connectivity index (χ1n) is 10.2. The van der Waals surface area contributed by atoms with Crippen molar-refractivity contribution < 1.29 is 19.0 Å². The van der Waals surface area contributed by atoms with Gasteiger partial charge in [0.15, 0.2) is 11.5 Å². The van der Waals surface area contributed by atoms with Crippen molar-refractivity contribution in [3.63, 3.8) is 0 Å². The summed E-state index contributed by atoms with van der Waals surface area (Å²) in [4.78, 5) is 32.0. The molecule has 1 aromatic heterocycles. The van der Waals surface area contributed by atoms with Crippen LogP contribution in [-0.2, 0) is 11.3 Å². The summed E-state index contributed by atoms with van der Waals surface area (Å²) in [7, 11) is 4.74. The number of para-hydroxylation sites is 1. The standard InChI is InChI=1S/C23H25N3O5S/c1-29-18-13-20(31-3)19(30-2)12-16(18)23-26(10-11-32-23)21(27)8-9-25-14-24-17-7-5-4-6-15(17)22(25)28/h4-7,12-14,23H,8-11H2,1-3H3. The van der Waals surface area contributed by atoms with Crippen LogP contribution in [0.15, 0.2) is 47.5 Å². The Balaban J connectivity index is 1.55. The predicted molar refractivity (Wildman–Crippen MR) is 124 cm³/mol. The first-order chi connectivity index (χ1) is 15.6. The average molecular weight is 456 g/mol. The lowest BCUT2D eigenvalue weighted by atomic mass is 10.1. The summed E-state index contributed by atoms with van der Waals surface area (Å²) in [5.74, 6) is 2.56. The number of rotatable bonds is 7. The lowest BCUT2D eigenvalue weighted by Crippen LogP contribution is -2.32. The second-order valence-corrected chi connectivity index (χ2v) is 8.46. The number of benzene rings is 2. The quantitative estimate of drug-likeness (QED) is 0.541. The Morgan fingerprint density at radius 2 is 1.81 bits per heavy atom. The Bertz CT molecular complexity index is 1200. The van der Waals surface area contributed by atoms with Gasteiger partial charge >= 0.3 is 0 Å². The van der Waals surface area contributed by atoms with E-state index in [0.717, 1.165) is 11.3 Å². The minimum Gasteiger partial charge on any atom is -0.496 e. The number of nitrogens with zero attached hydrogens (tertiary/aromatic N) is 3. The molecule has 4 rings (SSSR count). The summed E-state index contributed by atoms with van der Waals surface area (Å²) in [5, 5.41) is 0.343. The van der Waals surface area contributed by atoms with E-state index in [9.17, 15) is 9.59 Å². The van der Waals surface area contributed by atoms with Gasteiger partial charge in [0.2, 0.25) is 5.91 Å². The fraction of sp³-hybridized carbons (Fsp3) is 0.348. The molecule has 0 bridgehead atoms. The van der Waals surface area contributed by atoms with Gasteiger partial charge < -0.3 is 19.1 Å². The first-order valence-corrected chi connectivity index (χ1v) is 11.3. The van der Waals surface area contributed by atoms with Crippen LogP contribution >= 0.6 is 11.8 Å². The molecule has 0 aliphatic carbocycles. The van der Waals surface area contributed by atoms with Gasteiger partial charge in [-0.15, -0.1) is 11.8 Å². The van der Waals surface area contributed by atoms with Crippen molar-refractivity contribution in [2.45, 2.75) is 18.3 Å². The number of aryl methyl sites for hydroxylation is 1. The van der Waals surface area contributed by atoms with Gasteiger partial charge in [-0.05, 0) is 18.2 Å². The second-order valence-electron chi connectivity index (χ2n) is 7.27. The van der Waals surface area contributed by atoms with Gasteiger partial charge in [0.1, 0.15) is 11.1 Å². The van der Waals surface area contributed by atoms with Crippen LogP contribution in [0.25, 0.3) is 10.9 Å². The maximum atomic E-state index is 13.1. The molecule has 9 heteroatoms. The summed E-state index contributed by atoms with van der Waals surface area (Å²) < 4.78 is 17.9. The number of carbonyl (C=O) groups excluding carboxylic acids is 1. The Labute approximate surface area is 190 Å². The van der Waals surface area contributed by atoms with E-state index in [0.29, 0.717) is 34.7 Å². The molecular formula is C23H25N3O5S. The van der Waals surface area contributed by atoms with E-state index in [1.165, 1.54) is 10.9 Å². The smallest absolute Gasteiger partial charge is 0.261 e. The summed E-state index contributed by atoms with van der Waals surface area (Å²) in [6.45, 7) is 0.892. The Morgan fingerprint density at radius 3 is 2.56 bits per heavy atom. The Hall–Kier alpha value is -3.20. The monoisotopic (exact) mass is 455 g/mol. The molecule has 0 N–H and O–H groups in total. The van der Waals surface area contributed by atoms with Gasteiger partial charge in [0.05, 0.1) is 38.6 Å². The first kappa shape index (κ1) is 22.0. The molecule has 2 heterocycles. The minimum absolute atomic E-state index is 0.0307. The van der Waals surface area contributed by atoms with E-state index >= 15 is 0 Å². The van der Waals surface area contributed by atoms with Crippen LogP contribution < -0.4 is 19.8 Å². The van der Waals surface area contributed by atoms with Crippen LogP contribution in [0.2, 0.25) is 0 Å². The summed E-state index contributed by atoms with van der Waals surface area (Å²) in [6.07, 6.45) is 1.71. The zero-order valence-electron chi connectivity index (χ0n) is 18.2. The highest BCUT2D eigenvalue weighted by molar-refractivity contribution is 7.99. The summed E-state index contributed by atoms with van der Waals surface area (Å²) in [5.41, 5.74) is 1.36. The highest BCUT2D eigenvalue weighted by Gasteiger charge is 2.33. The van der Waals surface area contributed by atoms with Crippen molar-refractivity contribution in [2.24, 2.45) is 0 Å². The number of carbonyl (C=O) groups is 1. The molecule has 0 radical (unpaired) electrons. The van der Waals surface area contributed by atoms with Gasteiger partial charge in [0.25, 0.3) is 5.56 Å². The normalized spacial score (nSPS) is 15.7. The molecule has 8 nitrogen and oxygen atoms in total. The van der Waals surface area contributed by atoms with Crippen molar-refractivity contribution in [2.75, 3.05) is 33.6 Å². The van der Waals surface area contributed by atoms with Crippen LogP contribution in [-0.4, -0.2) is 54.0 Å². The number of hydrogen-bond acceptors (Lipinski definition) is 7. The predicted octanol–water partition coefficient (Wildman–Crippen LogP) is 3.09. The minimum atomic E-state index is -0.205. The van der Waals surface area contributed by atoms with Crippen molar-refractivity contribution in [1.29, 1.82) is 0 Å². The van der Waals surface area contributed by atoms with E-state index in [1.807, 2.05) is 23.1 Å². The fourth-order valence-electron chi connectivity index (χ4n) is 3.85. The molecule has 3 aromatic rings. The Kier molecular flexibility index (Phi) is 6.55. The third kappa shape index (κ3) is 4.12. The number of hydrogen-bond donors (Lipinski definition) is 0. The maximum absolute atomic E-state index is 13.1. The molecule has 1 aliphatic rings. The Morgan fingerprint density at radius 1 is 1.09 bits per heavy atom. The van der Waals surface area contributed by atoms with Crippen molar-refractivity contribution in [3.8, 4) is 17.2 Å². The molecule has 1 atom stereocenters. The number of aromatic nitrogens is 2. The molecule has 0 spiro atoms. The molecule has 1 fully saturated rings. The van der Waals surface area contributed by atoms with Crippen LogP contribution in [0.4, 0.5) is 0 Å². The fourth-order valence-corrected chi connectivity index (χ4v) is 5.15. The number of fused-ring (bicyclic) bond motifs is 1. The van der Waals surface area contributed by atoms with Crippen LogP contribution in [0, 0.1) is 0 Å². The van der Waals surface area contributed by atoms with Gasteiger partial charge in [-0.25, -0.2) is 4.98 Å². The maximum Gasteiger partial charge on any atom is 0.261 e. The SMILES string of the molecule is COc1cc(OC)c(C2SCCN2C(=O)CCn2cnc3ccccc3c2=O)cc1OC. The van der Waals surface area contributed by atoms with Crippen molar-refractivity contribution in [3.05, 3.63) is 58.6 Å². The van der Waals surface area contributed by atoms with E-state index in [-0.39, 0.29) is 29.8 Å². The number of thioether (sulfide) groups is 1. The lowest BCUT2D eigenvalue weighted by Gasteiger charge is -2.26. The number of amides is 1. The number of ether oxygens (including phenoxy) is 3. The zero-order valence-corrected chi connectivity index (χ0v) is 19.1. The van der Waals surface area contributed by atoms with E-state index in [4.69, 9.17) is 14.2 Å². The van der Waals surface area contributed by atoms with Gasteiger partial charge in [-0.3, -0.25) is 14.2 Å². The van der Waals surface area contributed by atoms with Gasteiger partial charge in [0, 0.05) is 36.9 Å². The van der Waals surface area contributed by atoms with Crippen LogP contribution in [0.1, 0.15) is 17.4 Å². The van der Waals surface area contributed by atoms with E-state index < -0.39 is 0 Å². The molecule has 168 valence electrons. The van der Waals surface area contributed by atoms with Crippen molar-refractivity contribution in [1.82, 2.24) is 14.5 Å². The topological polar surface area (TPSA) is 82.9 Å². The highest BCUT2D eigenvalue weighted by atomic mass is 32.2. The lowest BCUT2D eigenvalue weighted by molar-refractivity contribution is -0.131. The number of methoxy groups -OCH3 is 3. The molecular weight excluding hydrogens is 430 g/mol. The molecule has 1 saturated heterocycles. The molecule has 0 saturated carbocycles. The third-order valence-corrected chi connectivity index (χ3v) is 6.75. The van der Waals surface area contributed by atoms with E-state index in [1.54, 1.807) is 51.3 Å².